The second-order valence-corrected chi connectivity index (χ2v) is 9.84. The van der Waals surface area contributed by atoms with Crippen LogP contribution in [0, 0.1) is 7.14 Å². The van der Waals surface area contributed by atoms with Gasteiger partial charge in [0.2, 0.25) is 7.14 Å². The molecule has 4 rings (SSSR count). The van der Waals surface area contributed by atoms with E-state index in [9.17, 15) is 0 Å². The van der Waals surface area contributed by atoms with E-state index in [1.807, 2.05) is 84.9 Å². The predicted molar refractivity (Wildman–Crippen MR) is 125 cm³/mol. The highest BCUT2D eigenvalue weighted by Crippen LogP contribution is 2.13. The third kappa shape index (κ3) is 7.43. The van der Waals surface area contributed by atoms with Gasteiger partial charge in [0.05, 0.1) is 0 Å². The molecule has 0 saturated heterocycles. The zero-order chi connectivity index (χ0) is 22.6. The zero-order valence-electron chi connectivity index (χ0n) is 18.2. The van der Waals surface area contributed by atoms with E-state index in [2.05, 4.69) is 24.3 Å². The van der Waals surface area contributed by atoms with Gasteiger partial charge in [-0.05, 0) is 48.5 Å². The van der Waals surface area contributed by atoms with Gasteiger partial charge in [0, 0.05) is 0 Å². The van der Waals surface area contributed by atoms with Crippen LogP contribution in [0.15, 0.2) is 109 Å². The maximum atomic E-state index is 6.06. The SMILES string of the molecule is c1ccc(OCCOc2ccccc2[I+]c2ccccc2OCCOc2ccccc2)cc1. The Morgan fingerprint density at radius 3 is 1.21 bits per heavy atom. The molecule has 168 valence electrons. The number of benzene rings is 4. The molecule has 0 bridgehead atoms. The van der Waals surface area contributed by atoms with Crippen LogP contribution < -0.4 is 40.2 Å². The molecule has 0 radical (unpaired) electrons. The molecule has 0 heterocycles. The lowest BCUT2D eigenvalue weighted by atomic mass is 10.3. The Bertz CT molecular complexity index is 1010. The van der Waals surface area contributed by atoms with Crippen LogP contribution in [-0.4, -0.2) is 26.4 Å². The van der Waals surface area contributed by atoms with E-state index >= 15 is 0 Å². The van der Waals surface area contributed by atoms with Crippen molar-refractivity contribution in [2.24, 2.45) is 0 Å². The van der Waals surface area contributed by atoms with Crippen molar-refractivity contribution in [2.45, 2.75) is 0 Å². The summed E-state index contributed by atoms with van der Waals surface area (Å²) < 4.78 is 26.0. The number of hydrogen-bond donors (Lipinski definition) is 0. The first-order valence-corrected chi connectivity index (χ1v) is 13.0. The van der Waals surface area contributed by atoms with Gasteiger partial charge in [0.15, 0.2) is 11.5 Å². The monoisotopic (exact) mass is 553 g/mol. The van der Waals surface area contributed by atoms with Crippen LogP contribution in [0.5, 0.6) is 23.0 Å². The maximum Gasteiger partial charge on any atom is 0.366 e. The van der Waals surface area contributed by atoms with Crippen molar-refractivity contribution in [1.82, 2.24) is 0 Å². The second-order valence-electron chi connectivity index (χ2n) is 6.98. The highest BCUT2D eigenvalue weighted by molar-refractivity contribution is 5.24. The fourth-order valence-corrected chi connectivity index (χ4v) is 5.65. The minimum atomic E-state index is -0.480. The quantitative estimate of drug-likeness (QED) is 0.200. The Morgan fingerprint density at radius 1 is 0.394 bits per heavy atom. The standard InChI is InChI=1S/C28H26IO4/c1-3-11-23(12-4-1)30-19-21-32-27-17-9-7-15-25(27)29-26-16-8-10-18-28(26)33-22-20-31-24-13-5-2-6-14-24/h1-18H,19-22H2/q+1. The lowest BCUT2D eigenvalue weighted by Crippen LogP contribution is -3.61. The summed E-state index contributed by atoms with van der Waals surface area (Å²) in [4.78, 5) is 0. The minimum Gasteiger partial charge on any atom is -0.490 e. The number of rotatable bonds is 12. The van der Waals surface area contributed by atoms with E-state index in [0.717, 1.165) is 23.0 Å². The summed E-state index contributed by atoms with van der Waals surface area (Å²) in [6.45, 7) is 1.98. The highest BCUT2D eigenvalue weighted by atomic mass is 127. The van der Waals surface area contributed by atoms with Gasteiger partial charge in [-0.2, -0.15) is 0 Å². The fourth-order valence-electron chi connectivity index (χ4n) is 3.05. The number of para-hydroxylation sites is 4. The molecule has 0 aliphatic carbocycles. The van der Waals surface area contributed by atoms with Crippen molar-refractivity contribution in [3.05, 3.63) is 116 Å². The molecule has 0 aliphatic heterocycles. The summed E-state index contributed by atoms with van der Waals surface area (Å²) in [6, 6.07) is 36.0. The summed E-state index contributed by atoms with van der Waals surface area (Å²) in [5, 5.41) is 0. The molecular weight excluding hydrogens is 527 g/mol. The molecule has 5 heteroatoms. The van der Waals surface area contributed by atoms with Gasteiger partial charge in [-0.3, -0.25) is 0 Å². The van der Waals surface area contributed by atoms with Crippen molar-refractivity contribution in [3.8, 4) is 23.0 Å². The maximum absolute atomic E-state index is 6.06. The molecule has 0 unspecified atom stereocenters. The Labute approximate surface area is 205 Å². The summed E-state index contributed by atoms with van der Waals surface area (Å²) in [5.41, 5.74) is 0. The van der Waals surface area contributed by atoms with Crippen LogP contribution in [0.4, 0.5) is 0 Å². The molecule has 4 aromatic rings. The van der Waals surface area contributed by atoms with E-state index in [4.69, 9.17) is 18.9 Å². The fraction of sp³-hybridized carbons (Fsp3) is 0.143. The van der Waals surface area contributed by atoms with Crippen molar-refractivity contribution < 1.29 is 40.2 Å². The summed E-state index contributed by atoms with van der Waals surface area (Å²) in [6.07, 6.45) is 0. The molecule has 0 amide bonds. The minimum absolute atomic E-state index is 0.480. The van der Waals surface area contributed by atoms with E-state index < -0.39 is 21.2 Å². The number of halogens is 1. The molecule has 4 aromatic carbocycles. The lowest BCUT2D eigenvalue weighted by Gasteiger charge is -2.09. The van der Waals surface area contributed by atoms with Gasteiger partial charge in [0.25, 0.3) is 0 Å². The normalized spacial score (nSPS) is 10.4. The third-order valence-corrected chi connectivity index (χ3v) is 7.53. The first-order valence-electron chi connectivity index (χ1n) is 10.8. The van der Waals surface area contributed by atoms with E-state index in [0.29, 0.717) is 26.4 Å². The lowest BCUT2D eigenvalue weighted by molar-refractivity contribution is -0.599. The summed E-state index contributed by atoms with van der Waals surface area (Å²) in [5.74, 6) is 3.52. The van der Waals surface area contributed by atoms with Crippen LogP contribution >= 0.6 is 0 Å². The molecule has 4 nitrogen and oxygen atoms in total. The smallest absolute Gasteiger partial charge is 0.366 e. The topological polar surface area (TPSA) is 36.9 Å². The summed E-state index contributed by atoms with van der Waals surface area (Å²) >= 11 is -0.480. The van der Waals surface area contributed by atoms with Gasteiger partial charge in [-0.15, -0.1) is 0 Å². The third-order valence-electron chi connectivity index (χ3n) is 4.58. The number of ether oxygens (including phenoxy) is 4. The number of hydrogen-bond acceptors (Lipinski definition) is 4. The van der Waals surface area contributed by atoms with Gasteiger partial charge < -0.3 is 18.9 Å². The molecule has 33 heavy (non-hydrogen) atoms. The highest BCUT2D eigenvalue weighted by Gasteiger charge is 2.24. The van der Waals surface area contributed by atoms with Gasteiger partial charge in [-0.25, -0.2) is 0 Å². The molecule has 0 atom stereocenters. The molecular formula is C28H26IO4+. The van der Waals surface area contributed by atoms with Crippen molar-refractivity contribution in [1.29, 1.82) is 0 Å². The Kier molecular flexibility index (Phi) is 8.88. The zero-order valence-corrected chi connectivity index (χ0v) is 20.4. The molecule has 0 N–H and O–H groups in total. The molecule has 0 saturated carbocycles. The van der Waals surface area contributed by atoms with E-state index in [-0.39, 0.29) is 0 Å². The van der Waals surface area contributed by atoms with Crippen LogP contribution in [-0.2, 0) is 0 Å². The first kappa shape index (κ1) is 23.0. The summed E-state index contributed by atoms with van der Waals surface area (Å²) in [7, 11) is 0. The Morgan fingerprint density at radius 2 is 0.758 bits per heavy atom. The Hall–Kier alpha value is -3.19. The van der Waals surface area contributed by atoms with Crippen LogP contribution in [0.3, 0.4) is 0 Å². The van der Waals surface area contributed by atoms with Crippen molar-refractivity contribution in [2.75, 3.05) is 26.4 Å². The van der Waals surface area contributed by atoms with E-state index in [1.54, 1.807) is 0 Å². The molecule has 0 fully saturated rings. The van der Waals surface area contributed by atoms with Crippen molar-refractivity contribution in [3.63, 3.8) is 0 Å². The van der Waals surface area contributed by atoms with Gasteiger partial charge in [0.1, 0.15) is 37.9 Å². The van der Waals surface area contributed by atoms with Gasteiger partial charge in [-0.1, -0.05) is 60.7 Å². The largest absolute Gasteiger partial charge is 0.490 e. The first-order chi connectivity index (χ1) is 16.4. The van der Waals surface area contributed by atoms with Gasteiger partial charge >= 0.3 is 21.2 Å². The van der Waals surface area contributed by atoms with Crippen LogP contribution in [0.25, 0.3) is 0 Å². The van der Waals surface area contributed by atoms with E-state index in [1.165, 1.54) is 7.14 Å². The molecule has 0 aromatic heterocycles. The Balaban J connectivity index is 1.31. The van der Waals surface area contributed by atoms with Crippen LogP contribution in [0.2, 0.25) is 0 Å². The van der Waals surface area contributed by atoms with Crippen molar-refractivity contribution >= 4 is 0 Å². The second kappa shape index (κ2) is 12.7. The average molecular weight is 553 g/mol. The predicted octanol–water partition coefficient (Wildman–Crippen LogP) is 2.73. The van der Waals surface area contributed by atoms with Crippen LogP contribution in [0.1, 0.15) is 0 Å². The molecule has 0 aliphatic rings. The average Bonchev–Trinajstić information content (AvgIpc) is 2.87. The molecule has 0 spiro atoms.